The molecule has 0 aliphatic carbocycles. The van der Waals surface area contributed by atoms with Crippen molar-refractivity contribution in [3.05, 3.63) is 55.7 Å². The van der Waals surface area contributed by atoms with Crippen LogP contribution in [0.2, 0.25) is 0 Å². The summed E-state index contributed by atoms with van der Waals surface area (Å²) in [6.07, 6.45) is -5.76. The number of aliphatic hydroxyl groups is 1. The molecule has 0 bridgehead atoms. The van der Waals surface area contributed by atoms with Gasteiger partial charge in [0.15, 0.2) is 0 Å². The second kappa shape index (κ2) is 5.26. The van der Waals surface area contributed by atoms with Crippen LogP contribution in [0.15, 0.2) is 34.8 Å². The first kappa shape index (κ1) is 14.6. The van der Waals surface area contributed by atoms with Crippen LogP contribution in [0.4, 0.5) is 13.2 Å². The summed E-state index contributed by atoms with van der Waals surface area (Å²) >= 11 is 4.53. The van der Waals surface area contributed by atoms with Crippen molar-refractivity contribution in [3.8, 4) is 0 Å². The van der Waals surface area contributed by atoms with Gasteiger partial charge in [-0.15, -0.1) is 11.3 Å². The first-order valence-electron chi connectivity index (χ1n) is 5.40. The van der Waals surface area contributed by atoms with E-state index in [0.717, 1.165) is 10.9 Å². The maximum absolute atomic E-state index is 12.9. The van der Waals surface area contributed by atoms with Crippen LogP contribution in [0.1, 0.15) is 27.0 Å². The highest BCUT2D eigenvalue weighted by Gasteiger charge is 2.35. The lowest BCUT2D eigenvalue weighted by atomic mass is 10.0. The van der Waals surface area contributed by atoms with E-state index < -0.39 is 17.8 Å². The van der Waals surface area contributed by atoms with Crippen molar-refractivity contribution in [1.29, 1.82) is 0 Å². The number of rotatable bonds is 2. The summed E-state index contributed by atoms with van der Waals surface area (Å²) in [4.78, 5) is 1.40. The van der Waals surface area contributed by atoms with Crippen LogP contribution in [0.5, 0.6) is 0 Å². The van der Waals surface area contributed by atoms with Crippen LogP contribution in [-0.2, 0) is 6.18 Å². The third kappa shape index (κ3) is 3.01. The Kier molecular flexibility index (Phi) is 4.03. The van der Waals surface area contributed by atoms with Gasteiger partial charge in [0.05, 0.1) is 10.4 Å². The molecule has 1 nitrogen and oxygen atoms in total. The van der Waals surface area contributed by atoms with Crippen molar-refractivity contribution < 1.29 is 18.3 Å². The Labute approximate surface area is 120 Å². The molecule has 1 heterocycles. The Bertz CT molecular complexity index is 592. The van der Waals surface area contributed by atoms with Gasteiger partial charge < -0.3 is 5.11 Å². The highest BCUT2D eigenvalue weighted by Crippen LogP contribution is 2.40. The molecule has 0 saturated carbocycles. The van der Waals surface area contributed by atoms with Crippen molar-refractivity contribution in [1.82, 2.24) is 0 Å². The summed E-state index contributed by atoms with van der Waals surface area (Å²) in [7, 11) is 0. The second-order valence-electron chi connectivity index (χ2n) is 4.06. The molecule has 0 saturated heterocycles. The highest BCUT2D eigenvalue weighted by molar-refractivity contribution is 9.10. The van der Waals surface area contributed by atoms with E-state index in [-0.39, 0.29) is 5.56 Å². The monoisotopic (exact) mass is 350 g/mol. The van der Waals surface area contributed by atoms with Crippen molar-refractivity contribution in [2.24, 2.45) is 0 Å². The number of hydrogen-bond acceptors (Lipinski definition) is 2. The fourth-order valence-corrected chi connectivity index (χ4v) is 3.70. The molecule has 1 unspecified atom stereocenters. The van der Waals surface area contributed by atoms with Gasteiger partial charge in [0.1, 0.15) is 6.10 Å². The Morgan fingerprint density at radius 1 is 1.26 bits per heavy atom. The number of aryl methyl sites for hydroxylation is 1. The summed E-state index contributed by atoms with van der Waals surface area (Å²) in [5.74, 6) is 0. The van der Waals surface area contributed by atoms with Gasteiger partial charge >= 0.3 is 6.18 Å². The first-order chi connectivity index (χ1) is 8.80. The van der Waals surface area contributed by atoms with E-state index in [2.05, 4.69) is 15.9 Å². The van der Waals surface area contributed by atoms with Crippen molar-refractivity contribution in [2.45, 2.75) is 19.2 Å². The summed E-state index contributed by atoms with van der Waals surface area (Å²) in [5.41, 5.74) is -0.932. The van der Waals surface area contributed by atoms with E-state index in [9.17, 15) is 18.3 Å². The molecule has 19 heavy (non-hydrogen) atoms. The molecule has 1 N–H and O–H groups in total. The molecular formula is C13H10BrF3OS. The number of alkyl halides is 3. The van der Waals surface area contributed by atoms with Gasteiger partial charge in [0.2, 0.25) is 0 Å². The Hall–Kier alpha value is -0.850. The van der Waals surface area contributed by atoms with Crippen molar-refractivity contribution in [2.75, 3.05) is 0 Å². The lowest BCUT2D eigenvalue weighted by molar-refractivity contribution is -0.138. The lowest BCUT2D eigenvalue weighted by Gasteiger charge is -2.17. The largest absolute Gasteiger partial charge is 0.416 e. The second-order valence-corrected chi connectivity index (χ2v) is 6.20. The van der Waals surface area contributed by atoms with E-state index in [4.69, 9.17) is 0 Å². The molecule has 0 spiro atoms. The number of thiophene rings is 1. The van der Waals surface area contributed by atoms with E-state index in [0.29, 0.717) is 9.35 Å². The zero-order chi connectivity index (χ0) is 14.2. The van der Waals surface area contributed by atoms with E-state index in [1.807, 2.05) is 6.92 Å². The fraction of sp³-hybridized carbons (Fsp3) is 0.231. The minimum atomic E-state index is -4.48. The molecule has 1 aromatic carbocycles. The molecule has 0 amide bonds. The molecule has 0 radical (unpaired) electrons. The molecule has 0 fully saturated rings. The third-order valence-electron chi connectivity index (χ3n) is 2.65. The topological polar surface area (TPSA) is 20.2 Å². The van der Waals surface area contributed by atoms with Crippen LogP contribution in [0.3, 0.4) is 0 Å². The first-order valence-corrected chi connectivity index (χ1v) is 7.01. The summed E-state index contributed by atoms with van der Waals surface area (Å²) in [5, 5.41) is 10.2. The molecule has 0 aliphatic rings. The number of benzene rings is 1. The summed E-state index contributed by atoms with van der Waals surface area (Å²) in [6, 6.07) is 6.86. The van der Waals surface area contributed by atoms with E-state index in [1.165, 1.54) is 29.5 Å². The van der Waals surface area contributed by atoms with Gasteiger partial charge in [-0.05, 0) is 40.5 Å². The van der Waals surface area contributed by atoms with Gasteiger partial charge in [-0.2, -0.15) is 13.2 Å². The molecular weight excluding hydrogens is 341 g/mol. The minimum Gasteiger partial charge on any atom is -0.383 e. The fourth-order valence-electron chi connectivity index (χ4n) is 1.82. The van der Waals surface area contributed by atoms with E-state index >= 15 is 0 Å². The zero-order valence-electron chi connectivity index (χ0n) is 9.83. The van der Waals surface area contributed by atoms with Gasteiger partial charge in [-0.3, -0.25) is 0 Å². The van der Waals surface area contributed by atoms with Crippen LogP contribution >= 0.6 is 27.3 Å². The molecule has 102 valence electrons. The summed E-state index contributed by atoms with van der Waals surface area (Å²) in [6.45, 7) is 1.83. The Balaban J connectivity index is 2.50. The predicted molar refractivity (Wildman–Crippen MR) is 72.3 cm³/mol. The molecule has 1 aromatic heterocycles. The average Bonchev–Trinajstić information content (AvgIpc) is 2.66. The molecule has 2 aromatic rings. The van der Waals surface area contributed by atoms with Crippen LogP contribution in [0, 0.1) is 6.92 Å². The average molecular weight is 351 g/mol. The normalized spacial score (nSPS) is 13.6. The Morgan fingerprint density at radius 3 is 2.42 bits per heavy atom. The van der Waals surface area contributed by atoms with Crippen LogP contribution < -0.4 is 0 Å². The molecule has 2 rings (SSSR count). The lowest BCUT2D eigenvalue weighted by Crippen LogP contribution is -2.12. The molecule has 6 heteroatoms. The smallest absolute Gasteiger partial charge is 0.383 e. The van der Waals surface area contributed by atoms with Gasteiger partial charge in [-0.1, -0.05) is 18.2 Å². The number of hydrogen-bond donors (Lipinski definition) is 1. The summed E-state index contributed by atoms with van der Waals surface area (Å²) < 4.78 is 39.4. The van der Waals surface area contributed by atoms with Crippen LogP contribution in [0.25, 0.3) is 0 Å². The van der Waals surface area contributed by atoms with E-state index in [1.54, 1.807) is 6.07 Å². The van der Waals surface area contributed by atoms with Gasteiger partial charge in [-0.25, -0.2) is 0 Å². The number of halogens is 4. The predicted octanol–water partition coefficient (Wildman–Crippen LogP) is 4.92. The SMILES string of the molecule is Cc1cc(Br)c(C(O)c2ccccc2C(F)(F)F)s1. The number of aliphatic hydroxyl groups excluding tert-OH is 1. The van der Waals surface area contributed by atoms with Gasteiger partial charge in [0, 0.05) is 9.35 Å². The van der Waals surface area contributed by atoms with Gasteiger partial charge in [0.25, 0.3) is 0 Å². The third-order valence-corrected chi connectivity index (χ3v) is 4.67. The van der Waals surface area contributed by atoms with Crippen molar-refractivity contribution in [3.63, 3.8) is 0 Å². The molecule has 0 aliphatic heterocycles. The minimum absolute atomic E-state index is 0.127. The standard InChI is InChI=1S/C13H10BrF3OS/c1-7-6-10(14)12(19-7)11(18)8-4-2-3-5-9(8)13(15,16)17/h2-6,11,18H,1H3. The Morgan fingerprint density at radius 2 is 1.89 bits per heavy atom. The quantitative estimate of drug-likeness (QED) is 0.814. The highest BCUT2D eigenvalue weighted by atomic mass is 79.9. The maximum Gasteiger partial charge on any atom is 0.416 e. The van der Waals surface area contributed by atoms with Crippen LogP contribution in [-0.4, -0.2) is 5.11 Å². The zero-order valence-corrected chi connectivity index (χ0v) is 12.2. The van der Waals surface area contributed by atoms with Crippen molar-refractivity contribution >= 4 is 27.3 Å². The maximum atomic E-state index is 12.9. The molecule has 1 atom stereocenters.